The summed E-state index contributed by atoms with van der Waals surface area (Å²) in [7, 11) is -2.26. The Kier molecular flexibility index (Phi) is 4.15. The first-order valence-electron chi connectivity index (χ1n) is 6.14. The van der Waals surface area contributed by atoms with Gasteiger partial charge in [0.2, 0.25) is 10.0 Å². The average molecular weight is 305 g/mol. The Morgan fingerprint density at radius 2 is 2.11 bits per heavy atom. The van der Waals surface area contributed by atoms with Crippen LogP contribution < -0.4 is 0 Å². The molecule has 0 amide bonds. The first kappa shape index (κ1) is 14.7. The summed E-state index contributed by atoms with van der Waals surface area (Å²) in [6, 6.07) is 2.94. The van der Waals surface area contributed by atoms with Gasteiger partial charge in [0.05, 0.1) is 5.60 Å². The highest BCUT2D eigenvalue weighted by Gasteiger charge is 2.36. The molecule has 1 aromatic heterocycles. The van der Waals surface area contributed by atoms with Crippen molar-refractivity contribution in [3.63, 3.8) is 0 Å². The Labute approximate surface area is 118 Å². The minimum atomic E-state index is -3.72. The largest absolute Gasteiger partial charge is 0.389 e. The van der Waals surface area contributed by atoms with Crippen molar-refractivity contribution in [3.05, 3.63) is 23.5 Å². The van der Waals surface area contributed by atoms with Crippen LogP contribution in [0.3, 0.4) is 0 Å². The molecule has 1 heterocycles. The minimum absolute atomic E-state index is 0.0271. The van der Waals surface area contributed by atoms with E-state index in [0.29, 0.717) is 12.8 Å². The Bertz CT molecular complexity index is 556. The van der Waals surface area contributed by atoms with Gasteiger partial charge < -0.3 is 5.11 Å². The zero-order valence-electron chi connectivity index (χ0n) is 10.7. The zero-order chi connectivity index (χ0) is 14.1. The SMILES string of the molecule is CN(CC1(O)CCCC1)S(=O)(=O)c1cccnc1Cl. The Morgan fingerprint density at radius 3 is 2.68 bits per heavy atom. The first-order valence-corrected chi connectivity index (χ1v) is 7.96. The molecule has 19 heavy (non-hydrogen) atoms. The lowest BCUT2D eigenvalue weighted by molar-refractivity contribution is 0.0333. The smallest absolute Gasteiger partial charge is 0.245 e. The van der Waals surface area contributed by atoms with E-state index in [-0.39, 0.29) is 16.6 Å². The third-order valence-corrected chi connectivity index (χ3v) is 5.71. The van der Waals surface area contributed by atoms with E-state index < -0.39 is 15.6 Å². The lowest BCUT2D eigenvalue weighted by Crippen LogP contribution is -2.42. The monoisotopic (exact) mass is 304 g/mol. The van der Waals surface area contributed by atoms with Crippen molar-refractivity contribution in [2.24, 2.45) is 0 Å². The maximum atomic E-state index is 12.4. The highest BCUT2D eigenvalue weighted by atomic mass is 35.5. The second kappa shape index (κ2) is 5.36. The molecule has 0 bridgehead atoms. The quantitative estimate of drug-likeness (QED) is 0.859. The number of likely N-dealkylation sites (N-methyl/N-ethyl adjacent to an activating group) is 1. The predicted molar refractivity (Wildman–Crippen MR) is 72.5 cm³/mol. The third-order valence-electron chi connectivity index (χ3n) is 3.46. The number of rotatable bonds is 4. The molecule has 0 unspecified atom stereocenters. The second-order valence-corrected chi connectivity index (χ2v) is 7.36. The van der Waals surface area contributed by atoms with Gasteiger partial charge in [-0.15, -0.1) is 0 Å². The highest BCUT2D eigenvalue weighted by molar-refractivity contribution is 7.89. The Balaban J connectivity index is 2.22. The van der Waals surface area contributed by atoms with Crippen LogP contribution in [-0.4, -0.2) is 42.0 Å². The molecule has 0 aromatic carbocycles. The molecule has 1 N–H and O–H groups in total. The zero-order valence-corrected chi connectivity index (χ0v) is 12.3. The lowest BCUT2D eigenvalue weighted by atomic mass is 10.0. The van der Waals surface area contributed by atoms with Gasteiger partial charge in [-0.05, 0) is 25.0 Å². The number of halogens is 1. The number of aliphatic hydroxyl groups is 1. The number of hydrogen-bond donors (Lipinski definition) is 1. The summed E-state index contributed by atoms with van der Waals surface area (Å²) in [6.45, 7) is 0.0839. The van der Waals surface area contributed by atoms with E-state index in [1.807, 2.05) is 0 Å². The fourth-order valence-corrected chi connectivity index (χ4v) is 4.10. The second-order valence-electron chi connectivity index (χ2n) is 4.98. The summed E-state index contributed by atoms with van der Waals surface area (Å²) in [6.07, 6.45) is 4.56. The van der Waals surface area contributed by atoms with Crippen LogP contribution in [0, 0.1) is 0 Å². The summed E-state index contributed by atoms with van der Waals surface area (Å²) < 4.78 is 25.9. The summed E-state index contributed by atoms with van der Waals surface area (Å²) in [5, 5.41) is 10.2. The molecule has 5 nitrogen and oxygen atoms in total. The molecule has 1 aliphatic carbocycles. The van der Waals surface area contributed by atoms with E-state index in [0.717, 1.165) is 17.1 Å². The van der Waals surface area contributed by atoms with E-state index in [1.165, 1.54) is 25.4 Å². The topological polar surface area (TPSA) is 70.5 Å². The van der Waals surface area contributed by atoms with Crippen LogP contribution in [0.5, 0.6) is 0 Å². The first-order chi connectivity index (χ1) is 8.85. The maximum Gasteiger partial charge on any atom is 0.245 e. The molecule has 1 fully saturated rings. The van der Waals surface area contributed by atoms with Gasteiger partial charge in [0.15, 0.2) is 0 Å². The Morgan fingerprint density at radius 1 is 1.47 bits per heavy atom. The van der Waals surface area contributed by atoms with Crippen LogP contribution in [0.15, 0.2) is 23.2 Å². The fourth-order valence-electron chi connectivity index (χ4n) is 2.42. The van der Waals surface area contributed by atoms with Crippen molar-refractivity contribution in [1.82, 2.24) is 9.29 Å². The van der Waals surface area contributed by atoms with E-state index >= 15 is 0 Å². The number of hydrogen-bond acceptors (Lipinski definition) is 4. The van der Waals surface area contributed by atoms with Gasteiger partial charge in [0.1, 0.15) is 10.0 Å². The van der Waals surface area contributed by atoms with Gasteiger partial charge in [-0.25, -0.2) is 13.4 Å². The fraction of sp³-hybridized carbons (Fsp3) is 0.583. The third kappa shape index (κ3) is 3.08. The molecular weight excluding hydrogens is 288 g/mol. The summed E-state index contributed by atoms with van der Waals surface area (Å²) in [4.78, 5) is 3.75. The van der Waals surface area contributed by atoms with E-state index in [9.17, 15) is 13.5 Å². The van der Waals surface area contributed by atoms with Gasteiger partial charge in [-0.1, -0.05) is 24.4 Å². The van der Waals surface area contributed by atoms with E-state index in [1.54, 1.807) is 0 Å². The molecule has 0 radical (unpaired) electrons. The van der Waals surface area contributed by atoms with Gasteiger partial charge >= 0.3 is 0 Å². The molecule has 106 valence electrons. The van der Waals surface area contributed by atoms with Crippen molar-refractivity contribution in [1.29, 1.82) is 0 Å². The summed E-state index contributed by atoms with van der Waals surface area (Å²) in [5.41, 5.74) is -0.920. The van der Waals surface area contributed by atoms with Crippen LogP contribution in [0.2, 0.25) is 5.15 Å². The molecular formula is C12H17ClN2O3S. The molecule has 0 atom stereocenters. The van der Waals surface area contributed by atoms with Gasteiger partial charge in [0.25, 0.3) is 0 Å². The lowest BCUT2D eigenvalue weighted by Gasteiger charge is -2.28. The van der Waals surface area contributed by atoms with Crippen LogP contribution in [0.1, 0.15) is 25.7 Å². The molecule has 7 heteroatoms. The number of nitrogens with zero attached hydrogens (tertiary/aromatic N) is 2. The standard InChI is InChI=1S/C12H17ClN2O3S/c1-15(9-12(16)6-2-3-7-12)19(17,18)10-5-4-8-14-11(10)13/h4-5,8,16H,2-3,6-7,9H2,1H3. The van der Waals surface area contributed by atoms with Crippen molar-refractivity contribution < 1.29 is 13.5 Å². The molecule has 1 aromatic rings. The number of pyridine rings is 1. The maximum absolute atomic E-state index is 12.4. The summed E-state index contributed by atoms with van der Waals surface area (Å²) in [5.74, 6) is 0. The van der Waals surface area contributed by atoms with Crippen molar-refractivity contribution in [2.45, 2.75) is 36.2 Å². The molecule has 0 spiro atoms. The normalized spacial score (nSPS) is 18.9. The minimum Gasteiger partial charge on any atom is -0.389 e. The molecule has 1 saturated carbocycles. The van der Waals surface area contributed by atoms with Crippen LogP contribution in [0.4, 0.5) is 0 Å². The Hall–Kier alpha value is -0.690. The number of aromatic nitrogens is 1. The molecule has 0 aliphatic heterocycles. The van der Waals surface area contributed by atoms with Crippen molar-refractivity contribution >= 4 is 21.6 Å². The molecule has 0 saturated heterocycles. The number of sulfonamides is 1. The average Bonchev–Trinajstić information content (AvgIpc) is 2.76. The van der Waals surface area contributed by atoms with Crippen molar-refractivity contribution in [3.8, 4) is 0 Å². The van der Waals surface area contributed by atoms with Crippen LogP contribution in [-0.2, 0) is 10.0 Å². The molecule has 2 rings (SSSR count). The van der Waals surface area contributed by atoms with E-state index in [2.05, 4.69) is 4.98 Å². The van der Waals surface area contributed by atoms with Crippen LogP contribution >= 0.6 is 11.6 Å². The highest BCUT2D eigenvalue weighted by Crippen LogP contribution is 2.31. The van der Waals surface area contributed by atoms with Gasteiger partial charge in [0, 0.05) is 19.8 Å². The predicted octanol–water partition coefficient (Wildman–Crippen LogP) is 1.66. The summed E-state index contributed by atoms with van der Waals surface area (Å²) >= 11 is 5.82. The van der Waals surface area contributed by atoms with Gasteiger partial charge in [-0.3, -0.25) is 0 Å². The van der Waals surface area contributed by atoms with E-state index in [4.69, 9.17) is 11.6 Å². The van der Waals surface area contributed by atoms with Crippen molar-refractivity contribution in [2.75, 3.05) is 13.6 Å². The van der Waals surface area contributed by atoms with Gasteiger partial charge in [-0.2, -0.15) is 4.31 Å². The van der Waals surface area contributed by atoms with Crippen LogP contribution in [0.25, 0.3) is 0 Å². The molecule has 1 aliphatic rings.